The molecule has 5 heteroatoms. The van der Waals surface area contributed by atoms with Crippen LogP contribution in [0, 0.1) is 0 Å². The van der Waals surface area contributed by atoms with E-state index < -0.39 is 5.60 Å². The van der Waals surface area contributed by atoms with Crippen LogP contribution in [0.1, 0.15) is 38.4 Å². The largest absolute Gasteiger partial charge is 0.491 e. The van der Waals surface area contributed by atoms with Gasteiger partial charge in [-0.1, -0.05) is 18.2 Å². The van der Waals surface area contributed by atoms with E-state index in [4.69, 9.17) is 4.74 Å². The first kappa shape index (κ1) is 17.0. The molecule has 0 spiro atoms. The van der Waals surface area contributed by atoms with Gasteiger partial charge in [0, 0.05) is 25.3 Å². The zero-order chi connectivity index (χ0) is 17.0. The van der Waals surface area contributed by atoms with Gasteiger partial charge < -0.3 is 9.84 Å². The molecule has 2 aromatic rings. The van der Waals surface area contributed by atoms with Gasteiger partial charge in [0.15, 0.2) is 0 Å². The number of benzene rings is 1. The number of β-amino-alcohol motifs (C(OH)–C–C–N with tert-alkyl or cyclic N) is 1. The van der Waals surface area contributed by atoms with Gasteiger partial charge in [-0.15, -0.1) is 0 Å². The van der Waals surface area contributed by atoms with Crippen molar-refractivity contribution < 1.29 is 9.84 Å². The molecule has 0 aliphatic carbocycles. The van der Waals surface area contributed by atoms with Gasteiger partial charge in [-0.3, -0.25) is 9.58 Å². The summed E-state index contributed by atoms with van der Waals surface area (Å²) in [5.41, 5.74) is 0.398. The Hall–Kier alpha value is -1.85. The van der Waals surface area contributed by atoms with Crippen molar-refractivity contribution in [3.8, 4) is 5.75 Å². The summed E-state index contributed by atoms with van der Waals surface area (Å²) in [5.74, 6) is 0.806. The molecule has 1 aromatic heterocycles. The van der Waals surface area contributed by atoms with E-state index >= 15 is 0 Å². The van der Waals surface area contributed by atoms with Crippen molar-refractivity contribution in [3.63, 3.8) is 0 Å². The molecule has 1 aliphatic rings. The third-order valence-electron chi connectivity index (χ3n) is 4.51. The predicted octanol–water partition coefficient (Wildman–Crippen LogP) is 2.87. The van der Waals surface area contributed by atoms with Crippen LogP contribution in [0.15, 0.2) is 42.6 Å². The van der Waals surface area contributed by atoms with Crippen LogP contribution in [-0.4, -0.2) is 45.1 Å². The second-order valence-corrected chi connectivity index (χ2v) is 7.00. The normalized spacial score (nSPS) is 22.0. The minimum absolute atomic E-state index is 0.330. The van der Waals surface area contributed by atoms with Crippen LogP contribution in [-0.2, 0) is 6.54 Å². The zero-order valence-corrected chi connectivity index (χ0v) is 14.6. The van der Waals surface area contributed by atoms with Gasteiger partial charge in [0.25, 0.3) is 0 Å². The second kappa shape index (κ2) is 7.36. The number of hydrogen-bond acceptors (Lipinski definition) is 4. The Morgan fingerprint density at radius 2 is 2.04 bits per heavy atom. The predicted molar refractivity (Wildman–Crippen MR) is 94.0 cm³/mol. The number of likely N-dealkylation sites (tertiary alicyclic amines) is 1. The minimum Gasteiger partial charge on any atom is -0.491 e. The van der Waals surface area contributed by atoms with Gasteiger partial charge >= 0.3 is 0 Å². The van der Waals surface area contributed by atoms with Gasteiger partial charge in [0.2, 0.25) is 0 Å². The SMILES string of the molecule is CC(C)n1nccc1CN1CCCC(O)(COc2ccccc2)C1. The number of nitrogens with zero attached hydrogens (tertiary/aromatic N) is 3. The quantitative estimate of drug-likeness (QED) is 0.885. The summed E-state index contributed by atoms with van der Waals surface area (Å²) in [7, 11) is 0. The fourth-order valence-electron chi connectivity index (χ4n) is 3.35. The highest BCUT2D eigenvalue weighted by Gasteiger charge is 2.34. The molecule has 0 bridgehead atoms. The maximum Gasteiger partial charge on any atom is 0.119 e. The van der Waals surface area contributed by atoms with E-state index in [2.05, 4.69) is 29.9 Å². The van der Waals surface area contributed by atoms with Gasteiger partial charge in [0.05, 0.1) is 5.69 Å². The summed E-state index contributed by atoms with van der Waals surface area (Å²) in [6.45, 7) is 7.04. The highest BCUT2D eigenvalue weighted by Crippen LogP contribution is 2.24. The Labute approximate surface area is 143 Å². The first-order chi connectivity index (χ1) is 11.6. The molecular formula is C19H27N3O2. The molecule has 1 N–H and O–H groups in total. The highest BCUT2D eigenvalue weighted by molar-refractivity contribution is 5.21. The molecule has 0 amide bonds. The van der Waals surface area contributed by atoms with Crippen molar-refractivity contribution in [1.82, 2.24) is 14.7 Å². The number of aromatic nitrogens is 2. The lowest BCUT2D eigenvalue weighted by Crippen LogP contribution is -2.51. The van der Waals surface area contributed by atoms with Crippen LogP contribution in [0.3, 0.4) is 0 Å². The molecule has 5 nitrogen and oxygen atoms in total. The van der Waals surface area contributed by atoms with E-state index in [1.807, 2.05) is 41.2 Å². The van der Waals surface area contributed by atoms with E-state index in [-0.39, 0.29) is 0 Å². The fourth-order valence-corrected chi connectivity index (χ4v) is 3.35. The Balaban J connectivity index is 1.60. The Morgan fingerprint density at radius 3 is 2.79 bits per heavy atom. The lowest BCUT2D eigenvalue weighted by Gasteiger charge is -2.39. The van der Waals surface area contributed by atoms with Crippen LogP contribution in [0.4, 0.5) is 0 Å². The third-order valence-corrected chi connectivity index (χ3v) is 4.51. The maximum atomic E-state index is 10.9. The van der Waals surface area contributed by atoms with E-state index in [1.165, 1.54) is 5.69 Å². The molecular weight excluding hydrogens is 302 g/mol. The molecule has 2 heterocycles. The van der Waals surface area contributed by atoms with E-state index in [0.29, 0.717) is 19.2 Å². The number of piperidine rings is 1. The smallest absolute Gasteiger partial charge is 0.119 e. The lowest BCUT2D eigenvalue weighted by molar-refractivity contribution is -0.0626. The van der Waals surface area contributed by atoms with E-state index in [9.17, 15) is 5.11 Å². The number of aliphatic hydroxyl groups is 1. The summed E-state index contributed by atoms with van der Waals surface area (Å²) < 4.78 is 7.85. The minimum atomic E-state index is -0.795. The van der Waals surface area contributed by atoms with Gasteiger partial charge in [-0.2, -0.15) is 5.10 Å². The van der Waals surface area contributed by atoms with Gasteiger partial charge in [0.1, 0.15) is 18.0 Å². The Bertz CT molecular complexity index is 641. The number of rotatable bonds is 6. The molecule has 130 valence electrons. The third kappa shape index (κ3) is 4.16. The second-order valence-electron chi connectivity index (χ2n) is 7.00. The number of hydrogen-bond donors (Lipinski definition) is 1. The number of ether oxygens (including phenoxy) is 1. The summed E-state index contributed by atoms with van der Waals surface area (Å²) in [6.07, 6.45) is 3.61. The van der Waals surface area contributed by atoms with Gasteiger partial charge in [-0.05, 0) is 51.4 Å². The van der Waals surface area contributed by atoms with Crippen LogP contribution in [0.5, 0.6) is 5.75 Å². The standard InChI is InChI=1S/C19H27N3O2/c1-16(2)22-17(9-11-20-22)13-21-12-6-10-19(23,14-21)15-24-18-7-4-3-5-8-18/h3-5,7-9,11,16,23H,6,10,12-15H2,1-2H3. The topological polar surface area (TPSA) is 50.5 Å². The Morgan fingerprint density at radius 1 is 1.25 bits per heavy atom. The molecule has 0 radical (unpaired) electrons. The fraction of sp³-hybridized carbons (Fsp3) is 0.526. The molecule has 1 fully saturated rings. The molecule has 24 heavy (non-hydrogen) atoms. The molecule has 1 aromatic carbocycles. The van der Waals surface area contributed by atoms with Crippen molar-refractivity contribution in [3.05, 3.63) is 48.3 Å². The summed E-state index contributed by atoms with van der Waals surface area (Å²) in [6, 6.07) is 12.1. The van der Waals surface area contributed by atoms with Crippen molar-refractivity contribution in [1.29, 1.82) is 0 Å². The highest BCUT2D eigenvalue weighted by atomic mass is 16.5. The van der Waals surface area contributed by atoms with Crippen LogP contribution >= 0.6 is 0 Å². The van der Waals surface area contributed by atoms with E-state index in [0.717, 1.165) is 31.7 Å². The van der Waals surface area contributed by atoms with Crippen molar-refractivity contribution >= 4 is 0 Å². The number of para-hydroxylation sites is 1. The first-order valence-electron chi connectivity index (χ1n) is 8.71. The van der Waals surface area contributed by atoms with Gasteiger partial charge in [-0.25, -0.2) is 0 Å². The lowest BCUT2D eigenvalue weighted by atomic mass is 9.93. The maximum absolute atomic E-state index is 10.9. The zero-order valence-electron chi connectivity index (χ0n) is 14.6. The Kier molecular flexibility index (Phi) is 5.21. The average Bonchev–Trinajstić information content (AvgIpc) is 3.03. The average molecular weight is 329 g/mol. The van der Waals surface area contributed by atoms with Crippen LogP contribution < -0.4 is 4.74 Å². The molecule has 1 aliphatic heterocycles. The monoisotopic (exact) mass is 329 g/mol. The van der Waals surface area contributed by atoms with Crippen LogP contribution in [0.25, 0.3) is 0 Å². The van der Waals surface area contributed by atoms with Crippen molar-refractivity contribution in [2.24, 2.45) is 0 Å². The molecule has 1 saturated heterocycles. The summed E-state index contributed by atoms with van der Waals surface area (Å²) in [5, 5.41) is 15.3. The van der Waals surface area contributed by atoms with E-state index in [1.54, 1.807) is 0 Å². The summed E-state index contributed by atoms with van der Waals surface area (Å²) >= 11 is 0. The van der Waals surface area contributed by atoms with Crippen molar-refractivity contribution in [2.75, 3.05) is 19.7 Å². The first-order valence-corrected chi connectivity index (χ1v) is 8.71. The molecule has 1 atom stereocenters. The molecule has 1 unspecified atom stereocenters. The molecule has 3 rings (SSSR count). The van der Waals surface area contributed by atoms with Crippen LogP contribution in [0.2, 0.25) is 0 Å². The van der Waals surface area contributed by atoms with Crippen molar-refractivity contribution in [2.45, 2.75) is 44.9 Å². The molecule has 0 saturated carbocycles. The summed E-state index contributed by atoms with van der Waals surface area (Å²) in [4.78, 5) is 2.30.